The Balaban J connectivity index is 2.27. The van der Waals surface area contributed by atoms with Crippen molar-refractivity contribution in [3.05, 3.63) is 36.2 Å². The Kier molecular flexibility index (Phi) is 4.40. The van der Waals surface area contributed by atoms with Gasteiger partial charge in [-0.05, 0) is 17.5 Å². The number of fused-ring (bicyclic) bond motifs is 1. The second kappa shape index (κ2) is 6.09. The summed E-state index contributed by atoms with van der Waals surface area (Å²) in [5, 5.41) is 2.67. The lowest BCUT2D eigenvalue weighted by atomic mass is 9.86. The predicted octanol–water partition coefficient (Wildman–Crippen LogP) is 1.95. The van der Waals surface area contributed by atoms with E-state index in [2.05, 4.69) is 15.3 Å². The molecule has 0 fully saturated rings. The molecule has 1 amide bonds. The SMILES string of the molecule is COC(=O)C(NC(=O)c1cnc2ccccc2n1)C(C)(C)C. The maximum absolute atomic E-state index is 12.3. The molecule has 0 aliphatic heterocycles. The lowest BCUT2D eigenvalue weighted by Gasteiger charge is -2.28. The molecular formula is C16H19N3O3. The van der Waals surface area contributed by atoms with Crippen LogP contribution in [0.1, 0.15) is 31.3 Å². The highest BCUT2D eigenvalue weighted by molar-refractivity contribution is 5.96. The summed E-state index contributed by atoms with van der Waals surface area (Å²) < 4.78 is 4.76. The molecule has 6 heteroatoms. The number of para-hydroxylation sites is 2. The van der Waals surface area contributed by atoms with Gasteiger partial charge < -0.3 is 10.1 Å². The van der Waals surface area contributed by atoms with Crippen LogP contribution in [0.5, 0.6) is 0 Å². The van der Waals surface area contributed by atoms with Crippen LogP contribution in [0.3, 0.4) is 0 Å². The number of hydrogen-bond acceptors (Lipinski definition) is 5. The molecule has 1 unspecified atom stereocenters. The molecule has 0 aliphatic carbocycles. The van der Waals surface area contributed by atoms with Crippen LogP contribution >= 0.6 is 0 Å². The first-order valence-corrected chi connectivity index (χ1v) is 6.93. The Labute approximate surface area is 128 Å². The van der Waals surface area contributed by atoms with Crippen molar-refractivity contribution in [1.82, 2.24) is 15.3 Å². The molecule has 6 nitrogen and oxygen atoms in total. The van der Waals surface area contributed by atoms with Crippen LogP contribution in [0.2, 0.25) is 0 Å². The van der Waals surface area contributed by atoms with Crippen molar-refractivity contribution in [2.75, 3.05) is 7.11 Å². The van der Waals surface area contributed by atoms with Gasteiger partial charge in [0, 0.05) is 0 Å². The number of carbonyl (C=O) groups is 2. The van der Waals surface area contributed by atoms with Crippen molar-refractivity contribution >= 4 is 22.9 Å². The van der Waals surface area contributed by atoms with E-state index in [9.17, 15) is 9.59 Å². The second-order valence-corrected chi connectivity index (χ2v) is 6.04. The normalized spacial score (nSPS) is 12.7. The van der Waals surface area contributed by atoms with Gasteiger partial charge in [-0.3, -0.25) is 9.78 Å². The van der Waals surface area contributed by atoms with E-state index in [1.165, 1.54) is 13.3 Å². The third kappa shape index (κ3) is 3.39. The highest BCUT2D eigenvalue weighted by Gasteiger charge is 2.34. The maximum Gasteiger partial charge on any atom is 0.328 e. The number of carbonyl (C=O) groups excluding carboxylic acids is 2. The Morgan fingerprint density at radius 3 is 2.41 bits per heavy atom. The van der Waals surface area contributed by atoms with E-state index in [1.807, 2.05) is 39.0 Å². The second-order valence-electron chi connectivity index (χ2n) is 6.04. The highest BCUT2D eigenvalue weighted by atomic mass is 16.5. The van der Waals surface area contributed by atoms with E-state index in [-0.39, 0.29) is 5.69 Å². The Hall–Kier alpha value is -2.50. The van der Waals surface area contributed by atoms with Gasteiger partial charge in [-0.25, -0.2) is 9.78 Å². The van der Waals surface area contributed by atoms with Gasteiger partial charge in [0.1, 0.15) is 11.7 Å². The molecule has 0 aliphatic rings. The third-order valence-corrected chi connectivity index (χ3v) is 3.26. The fourth-order valence-electron chi connectivity index (χ4n) is 2.02. The topological polar surface area (TPSA) is 81.2 Å². The summed E-state index contributed by atoms with van der Waals surface area (Å²) in [5.74, 6) is -0.946. The number of ether oxygens (including phenoxy) is 1. The van der Waals surface area contributed by atoms with E-state index in [0.29, 0.717) is 11.0 Å². The summed E-state index contributed by atoms with van der Waals surface area (Å²) in [6.45, 7) is 5.54. The molecule has 116 valence electrons. The molecule has 1 heterocycles. The van der Waals surface area contributed by atoms with Crippen molar-refractivity contribution in [2.45, 2.75) is 26.8 Å². The zero-order valence-electron chi connectivity index (χ0n) is 13.1. The van der Waals surface area contributed by atoms with E-state index in [0.717, 1.165) is 0 Å². The van der Waals surface area contributed by atoms with Gasteiger partial charge in [0.2, 0.25) is 0 Å². The van der Waals surface area contributed by atoms with Gasteiger partial charge in [0.25, 0.3) is 5.91 Å². The van der Waals surface area contributed by atoms with Crippen LogP contribution in [0, 0.1) is 5.41 Å². The molecule has 0 spiro atoms. The van der Waals surface area contributed by atoms with E-state index >= 15 is 0 Å². The number of amides is 1. The number of esters is 1. The van der Waals surface area contributed by atoms with Crippen molar-refractivity contribution in [3.8, 4) is 0 Å². The first-order valence-electron chi connectivity index (χ1n) is 6.93. The number of nitrogens with one attached hydrogen (secondary N) is 1. The van der Waals surface area contributed by atoms with Crippen LogP contribution in [0.15, 0.2) is 30.5 Å². The van der Waals surface area contributed by atoms with E-state index < -0.39 is 23.3 Å². The molecule has 0 saturated heterocycles. The van der Waals surface area contributed by atoms with Crippen LogP contribution in [-0.2, 0) is 9.53 Å². The predicted molar refractivity (Wildman–Crippen MR) is 82.3 cm³/mol. The molecule has 1 aromatic carbocycles. The summed E-state index contributed by atoms with van der Waals surface area (Å²) >= 11 is 0. The van der Waals surface area contributed by atoms with Crippen molar-refractivity contribution in [3.63, 3.8) is 0 Å². The highest BCUT2D eigenvalue weighted by Crippen LogP contribution is 2.20. The van der Waals surface area contributed by atoms with Crippen LogP contribution in [-0.4, -0.2) is 35.0 Å². The molecule has 22 heavy (non-hydrogen) atoms. The molecule has 2 aromatic rings. The zero-order chi connectivity index (χ0) is 16.3. The average Bonchev–Trinajstić information content (AvgIpc) is 2.50. The fraction of sp³-hybridized carbons (Fsp3) is 0.375. The number of rotatable bonds is 3. The molecule has 2 rings (SSSR count). The molecular weight excluding hydrogens is 282 g/mol. The van der Waals surface area contributed by atoms with Crippen molar-refractivity contribution in [1.29, 1.82) is 0 Å². The van der Waals surface area contributed by atoms with Crippen LogP contribution < -0.4 is 5.32 Å². The average molecular weight is 301 g/mol. The number of aromatic nitrogens is 2. The lowest BCUT2D eigenvalue weighted by molar-refractivity contribution is -0.145. The lowest BCUT2D eigenvalue weighted by Crippen LogP contribution is -2.49. The monoisotopic (exact) mass is 301 g/mol. The summed E-state index contributed by atoms with van der Waals surface area (Å²) in [6.07, 6.45) is 1.40. The maximum atomic E-state index is 12.3. The minimum atomic E-state index is -0.765. The largest absolute Gasteiger partial charge is 0.467 e. The van der Waals surface area contributed by atoms with Gasteiger partial charge in [0.15, 0.2) is 0 Å². The Morgan fingerprint density at radius 1 is 1.18 bits per heavy atom. The van der Waals surface area contributed by atoms with Gasteiger partial charge in [-0.2, -0.15) is 0 Å². The van der Waals surface area contributed by atoms with E-state index in [1.54, 1.807) is 6.07 Å². The molecule has 0 bridgehead atoms. The molecule has 1 atom stereocenters. The van der Waals surface area contributed by atoms with Gasteiger partial charge in [0.05, 0.1) is 24.3 Å². The minimum Gasteiger partial charge on any atom is -0.467 e. The first kappa shape index (κ1) is 15.9. The van der Waals surface area contributed by atoms with Crippen LogP contribution in [0.25, 0.3) is 11.0 Å². The number of hydrogen-bond donors (Lipinski definition) is 1. The fourth-order valence-corrected chi connectivity index (χ4v) is 2.02. The number of nitrogens with zero attached hydrogens (tertiary/aromatic N) is 2. The van der Waals surface area contributed by atoms with E-state index in [4.69, 9.17) is 4.74 Å². The summed E-state index contributed by atoms with van der Waals surface area (Å²) in [4.78, 5) is 32.7. The Morgan fingerprint density at radius 2 is 1.82 bits per heavy atom. The number of methoxy groups -OCH3 is 1. The van der Waals surface area contributed by atoms with Gasteiger partial charge >= 0.3 is 5.97 Å². The van der Waals surface area contributed by atoms with Crippen molar-refractivity contribution < 1.29 is 14.3 Å². The quantitative estimate of drug-likeness (QED) is 0.876. The minimum absolute atomic E-state index is 0.164. The Bertz CT molecular complexity index is 707. The first-order chi connectivity index (χ1) is 10.3. The third-order valence-electron chi connectivity index (χ3n) is 3.26. The standard InChI is InChI=1S/C16H19N3O3/c1-16(2,3)13(15(21)22-4)19-14(20)12-9-17-10-7-5-6-8-11(10)18-12/h5-9,13H,1-4H3,(H,19,20). The van der Waals surface area contributed by atoms with Crippen molar-refractivity contribution in [2.24, 2.45) is 5.41 Å². The molecule has 1 N–H and O–H groups in total. The summed E-state index contributed by atoms with van der Waals surface area (Å²) in [7, 11) is 1.29. The summed E-state index contributed by atoms with van der Waals surface area (Å²) in [6, 6.07) is 6.50. The smallest absolute Gasteiger partial charge is 0.328 e. The van der Waals surface area contributed by atoms with Gasteiger partial charge in [-0.1, -0.05) is 32.9 Å². The molecule has 0 saturated carbocycles. The zero-order valence-corrected chi connectivity index (χ0v) is 13.1. The molecule has 0 radical (unpaired) electrons. The van der Waals surface area contributed by atoms with Crippen LogP contribution in [0.4, 0.5) is 0 Å². The molecule has 1 aromatic heterocycles. The van der Waals surface area contributed by atoms with Gasteiger partial charge in [-0.15, -0.1) is 0 Å². The summed E-state index contributed by atoms with van der Waals surface area (Å²) in [5.41, 5.74) is 1.02. The number of benzene rings is 1.